The predicted octanol–water partition coefficient (Wildman–Crippen LogP) is 1.95. The van der Waals surface area contributed by atoms with Crippen molar-refractivity contribution in [2.24, 2.45) is 0 Å². The van der Waals surface area contributed by atoms with Gasteiger partial charge in [-0.1, -0.05) is 24.2 Å². The Labute approximate surface area is 129 Å². The molecule has 0 spiro atoms. The van der Waals surface area contributed by atoms with E-state index in [1.54, 1.807) is 7.11 Å². The van der Waals surface area contributed by atoms with Gasteiger partial charge in [-0.25, -0.2) is 0 Å². The van der Waals surface area contributed by atoms with Crippen LogP contribution in [0.2, 0.25) is 0 Å². The van der Waals surface area contributed by atoms with Crippen LogP contribution in [-0.4, -0.2) is 39.9 Å². The molecule has 1 saturated heterocycles. The molecule has 2 aromatic rings. The molecule has 1 aromatic carbocycles. The van der Waals surface area contributed by atoms with Crippen LogP contribution in [0.3, 0.4) is 0 Å². The van der Waals surface area contributed by atoms with Gasteiger partial charge < -0.3 is 14.4 Å². The Morgan fingerprint density at radius 2 is 2.32 bits per heavy atom. The lowest BCUT2D eigenvalue weighted by Crippen LogP contribution is -2.25. The fourth-order valence-corrected chi connectivity index (χ4v) is 2.93. The van der Waals surface area contributed by atoms with Crippen molar-refractivity contribution in [1.29, 1.82) is 0 Å². The van der Waals surface area contributed by atoms with Crippen LogP contribution in [0.15, 0.2) is 28.8 Å². The van der Waals surface area contributed by atoms with E-state index in [4.69, 9.17) is 9.26 Å². The molecule has 0 radical (unpaired) electrons. The number of hydrogen-bond acceptors (Lipinski definition) is 6. The summed E-state index contributed by atoms with van der Waals surface area (Å²) in [5.74, 6) is 2.14. The second kappa shape index (κ2) is 6.46. The summed E-state index contributed by atoms with van der Waals surface area (Å²) < 4.78 is 10.5. The monoisotopic (exact) mass is 303 g/mol. The van der Waals surface area contributed by atoms with Crippen LogP contribution in [0.5, 0.6) is 5.75 Å². The summed E-state index contributed by atoms with van der Waals surface area (Å²) in [5, 5.41) is 14.1. The van der Waals surface area contributed by atoms with Crippen molar-refractivity contribution in [1.82, 2.24) is 15.0 Å². The van der Waals surface area contributed by atoms with E-state index in [1.165, 1.54) is 0 Å². The molecule has 6 nitrogen and oxygen atoms in total. The number of likely N-dealkylation sites (tertiary alicyclic amines) is 1. The molecule has 1 aromatic heterocycles. The lowest BCUT2D eigenvalue weighted by Gasteiger charge is -2.23. The smallest absolute Gasteiger partial charge is 0.226 e. The molecular weight excluding hydrogens is 282 g/mol. The molecule has 0 saturated carbocycles. The first kappa shape index (κ1) is 15.0. The SMILES string of the molecule is CCc1nc(CN2C[C@@H](O)C[C@@H]2c2cccc(OC)c2)no1. The summed E-state index contributed by atoms with van der Waals surface area (Å²) in [5.41, 5.74) is 1.13. The molecule has 22 heavy (non-hydrogen) atoms. The van der Waals surface area contributed by atoms with Crippen LogP contribution in [0.25, 0.3) is 0 Å². The van der Waals surface area contributed by atoms with Gasteiger partial charge in [-0.3, -0.25) is 4.90 Å². The van der Waals surface area contributed by atoms with E-state index in [2.05, 4.69) is 21.1 Å². The maximum atomic E-state index is 10.1. The summed E-state index contributed by atoms with van der Waals surface area (Å²) in [4.78, 5) is 6.54. The van der Waals surface area contributed by atoms with E-state index in [9.17, 15) is 5.11 Å². The number of aliphatic hydroxyl groups is 1. The number of aryl methyl sites for hydroxylation is 1. The maximum absolute atomic E-state index is 10.1. The number of methoxy groups -OCH3 is 1. The Morgan fingerprint density at radius 3 is 3.05 bits per heavy atom. The molecule has 1 fully saturated rings. The molecule has 118 valence electrons. The minimum Gasteiger partial charge on any atom is -0.497 e. The third-order valence-electron chi connectivity index (χ3n) is 4.02. The van der Waals surface area contributed by atoms with Crippen LogP contribution in [0, 0.1) is 0 Å². The molecule has 2 atom stereocenters. The molecule has 6 heteroatoms. The average Bonchev–Trinajstić information content (AvgIpc) is 3.14. The van der Waals surface area contributed by atoms with Gasteiger partial charge in [0, 0.05) is 19.0 Å². The van der Waals surface area contributed by atoms with Gasteiger partial charge in [0.1, 0.15) is 5.75 Å². The Hall–Kier alpha value is -1.92. The van der Waals surface area contributed by atoms with Gasteiger partial charge in [0.05, 0.1) is 19.8 Å². The van der Waals surface area contributed by atoms with Crippen LogP contribution in [-0.2, 0) is 13.0 Å². The van der Waals surface area contributed by atoms with Crippen LogP contribution < -0.4 is 4.74 Å². The fourth-order valence-electron chi connectivity index (χ4n) is 2.93. The molecule has 0 aliphatic carbocycles. The van der Waals surface area contributed by atoms with Crippen molar-refractivity contribution in [3.63, 3.8) is 0 Å². The standard InChI is InChI=1S/C16H21N3O3/c1-3-16-17-15(18-22-16)10-19-9-12(20)8-14(19)11-5-4-6-13(7-11)21-2/h4-7,12,14,20H,3,8-10H2,1-2H3/t12-,14+/m0/s1. The number of benzene rings is 1. The van der Waals surface area contributed by atoms with Crippen LogP contribution in [0.1, 0.15) is 36.7 Å². The van der Waals surface area contributed by atoms with E-state index in [0.717, 1.165) is 17.7 Å². The van der Waals surface area contributed by atoms with Gasteiger partial charge >= 0.3 is 0 Å². The van der Waals surface area contributed by atoms with E-state index < -0.39 is 0 Å². The topological polar surface area (TPSA) is 71.6 Å². The Balaban J connectivity index is 1.79. The molecule has 0 unspecified atom stereocenters. The van der Waals surface area contributed by atoms with Gasteiger partial charge in [0.25, 0.3) is 0 Å². The highest BCUT2D eigenvalue weighted by Crippen LogP contribution is 2.34. The molecular formula is C16H21N3O3. The second-order valence-corrected chi connectivity index (χ2v) is 5.57. The highest BCUT2D eigenvalue weighted by molar-refractivity contribution is 5.31. The van der Waals surface area contributed by atoms with Crippen molar-refractivity contribution in [3.05, 3.63) is 41.5 Å². The Kier molecular flexibility index (Phi) is 4.40. The molecule has 1 aliphatic rings. The molecule has 0 amide bonds. The molecule has 1 aliphatic heterocycles. The average molecular weight is 303 g/mol. The van der Waals surface area contributed by atoms with E-state index in [-0.39, 0.29) is 12.1 Å². The van der Waals surface area contributed by atoms with Gasteiger partial charge in [-0.05, 0) is 24.1 Å². The van der Waals surface area contributed by atoms with Crippen LogP contribution in [0.4, 0.5) is 0 Å². The van der Waals surface area contributed by atoms with Gasteiger partial charge in [0.15, 0.2) is 5.82 Å². The quantitative estimate of drug-likeness (QED) is 0.910. The highest BCUT2D eigenvalue weighted by atomic mass is 16.5. The first-order valence-corrected chi connectivity index (χ1v) is 7.57. The number of aromatic nitrogens is 2. The zero-order valence-electron chi connectivity index (χ0n) is 12.9. The van der Waals surface area contributed by atoms with Crippen molar-refractivity contribution in [2.75, 3.05) is 13.7 Å². The summed E-state index contributed by atoms with van der Waals surface area (Å²) in [6.45, 7) is 3.16. The summed E-state index contributed by atoms with van der Waals surface area (Å²) in [7, 11) is 1.66. The molecule has 0 bridgehead atoms. The molecule has 2 heterocycles. The van der Waals surface area contributed by atoms with E-state index >= 15 is 0 Å². The maximum Gasteiger partial charge on any atom is 0.226 e. The van der Waals surface area contributed by atoms with Gasteiger partial charge in [-0.15, -0.1) is 0 Å². The lowest BCUT2D eigenvalue weighted by molar-refractivity contribution is 0.170. The first-order chi connectivity index (χ1) is 10.7. The Bertz CT molecular complexity index is 629. The number of nitrogens with zero attached hydrogens (tertiary/aromatic N) is 3. The highest BCUT2D eigenvalue weighted by Gasteiger charge is 2.33. The number of β-amino-alcohol motifs (C(OH)–C–C–N with tert-alkyl or cyclic N) is 1. The normalized spacial score (nSPS) is 22.1. The second-order valence-electron chi connectivity index (χ2n) is 5.57. The lowest BCUT2D eigenvalue weighted by atomic mass is 10.0. The summed E-state index contributed by atoms with van der Waals surface area (Å²) in [6.07, 6.45) is 1.09. The number of rotatable bonds is 5. The van der Waals surface area contributed by atoms with Crippen molar-refractivity contribution in [3.8, 4) is 5.75 Å². The number of ether oxygens (including phenoxy) is 1. The largest absolute Gasteiger partial charge is 0.497 e. The number of aliphatic hydroxyl groups excluding tert-OH is 1. The predicted molar refractivity (Wildman–Crippen MR) is 80.4 cm³/mol. The Morgan fingerprint density at radius 1 is 1.45 bits per heavy atom. The van der Waals surface area contributed by atoms with Gasteiger partial charge in [-0.2, -0.15) is 4.98 Å². The summed E-state index contributed by atoms with van der Waals surface area (Å²) in [6, 6.07) is 8.11. The fraction of sp³-hybridized carbons (Fsp3) is 0.500. The molecule has 3 rings (SSSR count). The van der Waals surface area contributed by atoms with Crippen molar-refractivity contribution >= 4 is 0 Å². The minimum absolute atomic E-state index is 0.133. The number of hydrogen-bond donors (Lipinski definition) is 1. The van der Waals surface area contributed by atoms with E-state index in [0.29, 0.717) is 31.2 Å². The van der Waals surface area contributed by atoms with Crippen LogP contribution >= 0.6 is 0 Å². The first-order valence-electron chi connectivity index (χ1n) is 7.57. The summed E-state index contributed by atoms with van der Waals surface area (Å²) >= 11 is 0. The van der Waals surface area contributed by atoms with Crippen molar-refractivity contribution in [2.45, 2.75) is 38.5 Å². The van der Waals surface area contributed by atoms with E-state index in [1.807, 2.05) is 25.1 Å². The zero-order valence-corrected chi connectivity index (χ0v) is 12.9. The molecule has 1 N–H and O–H groups in total. The third-order valence-corrected chi connectivity index (χ3v) is 4.02. The van der Waals surface area contributed by atoms with Gasteiger partial charge in [0.2, 0.25) is 5.89 Å². The zero-order chi connectivity index (χ0) is 15.5. The third kappa shape index (κ3) is 3.13. The minimum atomic E-state index is -0.339. The van der Waals surface area contributed by atoms with Crippen molar-refractivity contribution < 1.29 is 14.4 Å².